The second-order valence-electron chi connectivity index (χ2n) is 5.74. The zero-order valence-electron chi connectivity index (χ0n) is 10.7. The van der Waals surface area contributed by atoms with Gasteiger partial charge in [0.25, 0.3) is 0 Å². The highest BCUT2D eigenvalue weighted by molar-refractivity contribution is 5.81. The largest absolute Gasteiger partial charge is 0.465 e. The normalized spacial score (nSPS) is 30.4. The van der Waals surface area contributed by atoms with Crippen LogP contribution in [-0.4, -0.2) is 12.6 Å². The number of hydrogen-bond donors (Lipinski definition) is 0. The molecule has 0 spiro atoms. The third-order valence-electron chi connectivity index (χ3n) is 4.34. The molecule has 0 aromatic heterocycles. The molecule has 2 unspecified atom stereocenters. The van der Waals surface area contributed by atoms with Crippen molar-refractivity contribution < 1.29 is 9.53 Å². The molecular weight excluding hydrogens is 224 g/mol. The van der Waals surface area contributed by atoms with Gasteiger partial charge in [-0.25, -0.2) is 0 Å². The average Bonchev–Trinajstić information content (AvgIpc) is 2.79. The Bertz CT molecular complexity index is 500. The minimum absolute atomic E-state index is 0.0216. The lowest BCUT2D eigenvalue weighted by molar-refractivity contribution is -0.146. The minimum atomic E-state index is -0.327. The van der Waals surface area contributed by atoms with Gasteiger partial charge in [-0.2, -0.15) is 0 Å². The van der Waals surface area contributed by atoms with Gasteiger partial charge in [-0.15, -0.1) is 0 Å². The molecule has 2 nitrogen and oxygen atoms in total. The Labute approximate surface area is 108 Å². The Hall–Kier alpha value is -1.57. The number of ether oxygens (including phenoxy) is 1. The summed E-state index contributed by atoms with van der Waals surface area (Å²) in [5.41, 5.74) is 3.34. The maximum Gasteiger partial charge on any atom is 0.313 e. The molecule has 0 bridgehead atoms. The van der Waals surface area contributed by atoms with E-state index in [4.69, 9.17) is 4.74 Å². The van der Waals surface area contributed by atoms with Crippen molar-refractivity contribution in [2.75, 3.05) is 6.61 Å². The first-order valence-electron chi connectivity index (χ1n) is 6.49. The summed E-state index contributed by atoms with van der Waals surface area (Å²) >= 11 is 0. The first kappa shape index (κ1) is 11.5. The Morgan fingerprint density at radius 2 is 2.11 bits per heavy atom. The van der Waals surface area contributed by atoms with Gasteiger partial charge in [-0.3, -0.25) is 4.79 Å². The molecule has 0 amide bonds. The van der Waals surface area contributed by atoms with Crippen molar-refractivity contribution in [2.45, 2.75) is 26.2 Å². The fraction of sp³-hybridized carbons (Fsp3) is 0.438. The van der Waals surface area contributed by atoms with Gasteiger partial charge in [-0.1, -0.05) is 42.0 Å². The predicted molar refractivity (Wildman–Crippen MR) is 70.1 cm³/mol. The van der Waals surface area contributed by atoms with Gasteiger partial charge < -0.3 is 4.74 Å². The molecule has 2 heteroatoms. The molecule has 0 radical (unpaired) electrons. The minimum Gasteiger partial charge on any atom is -0.465 e. The van der Waals surface area contributed by atoms with Crippen LogP contribution in [0, 0.1) is 18.3 Å². The Morgan fingerprint density at radius 3 is 2.83 bits per heavy atom. The summed E-state index contributed by atoms with van der Waals surface area (Å²) in [6, 6.07) is 8.44. The van der Waals surface area contributed by atoms with Crippen LogP contribution in [0.15, 0.2) is 36.4 Å². The monoisotopic (exact) mass is 242 g/mol. The maximum atomic E-state index is 12.1. The molecule has 1 aromatic carbocycles. The number of esters is 1. The van der Waals surface area contributed by atoms with Crippen LogP contribution in [0.4, 0.5) is 0 Å². The zero-order valence-corrected chi connectivity index (χ0v) is 10.7. The molecule has 3 rings (SSSR count). The van der Waals surface area contributed by atoms with Crippen molar-refractivity contribution in [3.8, 4) is 0 Å². The molecule has 94 valence electrons. The molecule has 1 aliphatic heterocycles. The van der Waals surface area contributed by atoms with Crippen LogP contribution in [0.2, 0.25) is 0 Å². The second-order valence-corrected chi connectivity index (χ2v) is 5.74. The standard InChI is InChI=1S/C16H18O2/c1-11-3-5-13(6-4-11)9-16-8-12(2)7-14(16)10-18-15(16)17/h3-6,14H,2,7-10H2,1H3. The highest BCUT2D eigenvalue weighted by atomic mass is 16.5. The van der Waals surface area contributed by atoms with E-state index in [1.54, 1.807) is 0 Å². The van der Waals surface area contributed by atoms with Gasteiger partial charge in [0.2, 0.25) is 0 Å². The van der Waals surface area contributed by atoms with Crippen molar-refractivity contribution in [1.82, 2.24) is 0 Å². The average molecular weight is 242 g/mol. The van der Waals surface area contributed by atoms with Crippen molar-refractivity contribution in [3.05, 3.63) is 47.5 Å². The van der Waals surface area contributed by atoms with Crippen LogP contribution in [0.25, 0.3) is 0 Å². The summed E-state index contributed by atoms with van der Waals surface area (Å²) in [6.07, 6.45) is 2.53. The summed E-state index contributed by atoms with van der Waals surface area (Å²) < 4.78 is 5.29. The topological polar surface area (TPSA) is 26.3 Å². The lowest BCUT2D eigenvalue weighted by atomic mass is 9.75. The molecule has 1 aromatic rings. The second kappa shape index (κ2) is 3.98. The lowest BCUT2D eigenvalue weighted by Gasteiger charge is -2.24. The fourth-order valence-corrected chi connectivity index (χ4v) is 3.33. The molecule has 2 fully saturated rings. The van der Waals surface area contributed by atoms with Crippen molar-refractivity contribution in [2.24, 2.45) is 11.3 Å². The van der Waals surface area contributed by atoms with E-state index < -0.39 is 0 Å². The fourth-order valence-electron chi connectivity index (χ4n) is 3.33. The maximum absolute atomic E-state index is 12.1. The van der Waals surface area contributed by atoms with Crippen molar-refractivity contribution in [1.29, 1.82) is 0 Å². The van der Waals surface area contributed by atoms with Crippen LogP contribution in [0.3, 0.4) is 0 Å². The first-order chi connectivity index (χ1) is 8.60. The van der Waals surface area contributed by atoms with Crippen molar-refractivity contribution in [3.63, 3.8) is 0 Å². The summed E-state index contributed by atoms with van der Waals surface area (Å²) in [5, 5.41) is 0. The van der Waals surface area contributed by atoms with Gasteiger partial charge in [0.15, 0.2) is 0 Å². The first-order valence-corrected chi connectivity index (χ1v) is 6.49. The lowest BCUT2D eigenvalue weighted by Crippen LogP contribution is -2.31. The van der Waals surface area contributed by atoms with Crippen LogP contribution in [-0.2, 0) is 16.0 Å². The Kier molecular flexibility index (Phi) is 2.54. The number of benzene rings is 1. The number of carbonyl (C=O) groups is 1. The molecule has 2 atom stereocenters. The van der Waals surface area contributed by atoms with Crippen LogP contribution < -0.4 is 0 Å². The van der Waals surface area contributed by atoms with E-state index in [1.165, 1.54) is 16.7 Å². The zero-order chi connectivity index (χ0) is 12.8. The van der Waals surface area contributed by atoms with E-state index in [9.17, 15) is 4.79 Å². The summed E-state index contributed by atoms with van der Waals surface area (Å²) in [7, 11) is 0. The van der Waals surface area contributed by atoms with Gasteiger partial charge in [0, 0.05) is 5.92 Å². The van der Waals surface area contributed by atoms with E-state index in [-0.39, 0.29) is 11.4 Å². The van der Waals surface area contributed by atoms with E-state index in [2.05, 4.69) is 37.8 Å². The van der Waals surface area contributed by atoms with Crippen molar-refractivity contribution >= 4 is 5.97 Å². The molecule has 0 N–H and O–H groups in total. The van der Waals surface area contributed by atoms with E-state index in [0.29, 0.717) is 12.5 Å². The Morgan fingerprint density at radius 1 is 1.39 bits per heavy atom. The molecule has 1 saturated carbocycles. The predicted octanol–water partition coefficient (Wildman–Crippen LogP) is 3.05. The summed E-state index contributed by atoms with van der Waals surface area (Å²) in [6.45, 7) is 6.71. The van der Waals surface area contributed by atoms with Gasteiger partial charge in [0.1, 0.15) is 0 Å². The summed E-state index contributed by atoms with van der Waals surface area (Å²) in [5.74, 6) is 0.311. The molecule has 1 aliphatic carbocycles. The van der Waals surface area contributed by atoms with E-state index in [1.807, 2.05) is 0 Å². The Balaban J connectivity index is 1.91. The number of aryl methyl sites for hydroxylation is 1. The highest BCUT2D eigenvalue weighted by Crippen LogP contribution is 2.52. The van der Waals surface area contributed by atoms with Crippen LogP contribution in [0.1, 0.15) is 24.0 Å². The number of fused-ring (bicyclic) bond motifs is 1. The summed E-state index contributed by atoms with van der Waals surface area (Å²) in [4.78, 5) is 12.1. The smallest absolute Gasteiger partial charge is 0.313 e. The number of rotatable bonds is 2. The quantitative estimate of drug-likeness (QED) is 0.588. The van der Waals surface area contributed by atoms with Crippen LogP contribution >= 0.6 is 0 Å². The third kappa shape index (κ3) is 1.67. The molecular formula is C16H18O2. The number of allylic oxidation sites excluding steroid dienone is 1. The van der Waals surface area contributed by atoms with Gasteiger partial charge >= 0.3 is 5.97 Å². The third-order valence-corrected chi connectivity index (χ3v) is 4.34. The highest BCUT2D eigenvalue weighted by Gasteiger charge is 2.55. The van der Waals surface area contributed by atoms with Crippen LogP contribution in [0.5, 0.6) is 0 Å². The number of cyclic esters (lactones) is 1. The number of carbonyl (C=O) groups excluding carboxylic acids is 1. The van der Waals surface area contributed by atoms with E-state index >= 15 is 0 Å². The molecule has 2 aliphatic rings. The molecule has 1 heterocycles. The SMILES string of the molecule is C=C1CC2COC(=O)C2(Cc2ccc(C)cc2)C1. The molecule has 18 heavy (non-hydrogen) atoms. The molecule has 1 saturated heterocycles. The number of hydrogen-bond acceptors (Lipinski definition) is 2. The van der Waals surface area contributed by atoms with Gasteiger partial charge in [-0.05, 0) is 31.7 Å². The van der Waals surface area contributed by atoms with Gasteiger partial charge in [0.05, 0.1) is 12.0 Å². The van der Waals surface area contributed by atoms with E-state index in [0.717, 1.165) is 19.3 Å².